The van der Waals surface area contributed by atoms with Gasteiger partial charge in [-0.3, -0.25) is 14.7 Å². The summed E-state index contributed by atoms with van der Waals surface area (Å²) in [6, 6.07) is 9.11. The van der Waals surface area contributed by atoms with E-state index in [-0.39, 0.29) is 24.1 Å². The summed E-state index contributed by atoms with van der Waals surface area (Å²) in [5, 5.41) is 9.98. The monoisotopic (exact) mass is 488 g/mol. The van der Waals surface area contributed by atoms with Crippen LogP contribution < -0.4 is 15.6 Å². The van der Waals surface area contributed by atoms with E-state index in [0.29, 0.717) is 45.3 Å². The topological polar surface area (TPSA) is 115 Å². The molecule has 184 valence electrons. The molecule has 0 aliphatic heterocycles. The lowest BCUT2D eigenvalue weighted by atomic mass is 10.0. The molecule has 4 aromatic rings. The number of benzene rings is 1. The fraction of sp³-hybridized carbons (Fsp3) is 0.192. The fourth-order valence-corrected chi connectivity index (χ4v) is 3.54. The number of hydrogen-bond donors (Lipinski definition) is 2. The van der Waals surface area contributed by atoms with Crippen molar-refractivity contribution in [2.24, 2.45) is 7.05 Å². The zero-order chi connectivity index (χ0) is 25.8. The Labute approximate surface area is 206 Å². The van der Waals surface area contributed by atoms with Crippen LogP contribution in [0, 0.1) is 5.82 Å². The van der Waals surface area contributed by atoms with Gasteiger partial charge in [0.15, 0.2) is 5.82 Å². The highest BCUT2D eigenvalue weighted by molar-refractivity contribution is 5.87. The number of aryl methyl sites for hydroxylation is 1. The third kappa shape index (κ3) is 5.38. The highest BCUT2D eigenvalue weighted by atomic mass is 19.1. The first-order chi connectivity index (χ1) is 17.2. The molecule has 36 heavy (non-hydrogen) atoms. The molecule has 0 atom stereocenters. The van der Waals surface area contributed by atoms with E-state index in [0.717, 1.165) is 0 Å². The molecule has 9 nitrogen and oxygen atoms in total. The highest BCUT2D eigenvalue weighted by Crippen LogP contribution is 2.37. The Bertz CT molecular complexity index is 1490. The number of pyridine rings is 1. The largest absolute Gasteiger partial charge is 0.490 e. The molecule has 1 amide bonds. The molecular formula is C26H25FN6O3. The number of aromatic nitrogens is 5. The first-order valence-corrected chi connectivity index (χ1v) is 11.2. The van der Waals surface area contributed by atoms with E-state index in [2.05, 4.69) is 27.1 Å². The van der Waals surface area contributed by atoms with E-state index in [1.54, 1.807) is 37.6 Å². The Kier molecular flexibility index (Phi) is 7.05. The molecular weight excluding hydrogens is 463 g/mol. The van der Waals surface area contributed by atoms with Gasteiger partial charge in [0.05, 0.1) is 18.3 Å². The van der Waals surface area contributed by atoms with Crippen molar-refractivity contribution >= 4 is 5.91 Å². The normalized spacial score (nSPS) is 10.9. The molecule has 0 unspecified atom stereocenters. The van der Waals surface area contributed by atoms with Gasteiger partial charge < -0.3 is 14.6 Å². The minimum absolute atomic E-state index is 0.157. The predicted octanol–water partition coefficient (Wildman–Crippen LogP) is 3.63. The zero-order valence-corrected chi connectivity index (χ0v) is 20.1. The number of nitrogens with zero attached hydrogens (tertiary/aromatic N) is 4. The lowest BCUT2D eigenvalue weighted by Crippen LogP contribution is -2.20. The minimum atomic E-state index is -0.432. The standard InChI is InChI=1S/C26H25FN6O3/c1-5-23(34)28-12-18-11-21(32-31-18)25-20(19-8-7-17(27)10-22(19)36-15(2)3)13-29-26(30-25)16-6-9-24(35)33(4)14-16/h5-11,13-15H,1,12H2,2-4H3,(H,28,34)(H,31,32). The Morgan fingerprint density at radius 3 is 2.78 bits per heavy atom. The average Bonchev–Trinajstić information content (AvgIpc) is 3.33. The molecule has 2 N–H and O–H groups in total. The van der Waals surface area contributed by atoms with Gasteiger partial charge in [-0.15, -0.1) is 0 Å². The van der Waals surface area contributed by atoms with Crippen LogP contribution in [0.15, 0.2) is 66.2 Å². The van der Waals surface area contributed by atoms with Crippen molar-refractivity contribution in [3.63, 3.8) is 0 Å². The molecule has 0 aliphatic rings. The van der Waals surface area contributed by atoms with E-state index < -0.39 is 5.82 Å². The van der Waals surface area contributed by atoms with Crippen molar-refractivity contribution in [1.29, 1.82) is 0 Å². The smallest absolute Gasteiger partial charge is 0.250 e. The zero-order valence-electron chi connectivity index (χ0n) is 20.1. The molecule has 0 bridgehead atoms. The summed E-state index contributed by atoms with van der Waals surface area (Å²) in [5.41, 5.74) is 3.25. The molecule has 0 radical (unpaired) electrons. The summed E-state index contributed by atoms with van der Waals surface area (Å²) < 4.78 is 21.4. The SMILES string of the molecule is C=CC(=O)NCc1cc(-c2nc(-c3ccc(=O)n(C)c3)ncc2-c2ccc(F)cc2OC(C)C)n[nH]1. The van der Waals surface area contributed by atoms with E-state index >= 15 is 0 Å². The summed E-state index contributed by atoms with van der Waals surface area (Å²) in [6.45, 7) is 7.36. The van der Waals surface area contributed by atoms with Crippen molar-refractivity contribution in [2.45, 2.75) is 26.5 Å². The van der Waals surface area contributed by atoms with Crippen LogP contribution in [0.4, 0.5) is 4.39 Å². The van der Waals surface area contributed by atoms with E-state index in [1.165, 1.54) is 28.8 Å². The van der Waals surface area contributed by atoms with Crippen molar-refractivity contribution in [3.8, 4) is 39.7 Å². The average molecular weight is 489 g/mol. The van der Waals surface area contributed by atoms with Crippen LogP contribution in [0.2, 0.25) is 0 Å². The second kappa shape index (κ2) is 10.3. The van der Waals surface area contributed by atoms with Gasteiger partial charge in [0.2, 0.25) is 11.5 Å². The maximum absolute atomic E-state index is 14.1. The molecule has 0 spiro atoms. The third-order valence-corrected chi connectivity index (χ3v) is 5.24. The van der Waals surface area contributed by atoms with Gasteiger partial charge in [-0.1, -0.05) is 6.58 Å². The van der Waals surface area contributed by atoms with Crippen molar-refractivity contribution in [2.75, 3.05) is 0 Å². The molecule has 3 aromatic heterocycles. The minimum Gasteiger partial charge on any atom is -0.490 e. The number of amides is 1. The quantitative estimate of drug-likeness (QED) is 0.366. The molecule has 0 saturated carbocycles. The number of carbonyl (C=O) groups is 1. The molecule has 10 heteroatoms. The van der Waals surface area contributed by atoms with Crippen molar-refractivity contribution < 1.29 is 13.9 Å². The molecule has 3 heterocycles. The first kappa shape index (κ1) is 24.5. The van der Waals surface area contributed by atoms with Crippen molar-refractivity contribution in [3.05, 3.63) is 83.3 Å². The summed E-state index contributed by atoms with van der Waals surface area (Å²) in [7, 11) is 1.65. The molecule has 1 aromatic carbocycles. The third-order valence-electron chi connectivity index (χ3n) is 5.24. The molecule has 0 fully saturated rings. The van der Waals surface area contributed by atoms with Crippen LogP contribution in [0.3, 0.4) is 0 Å². The number of hydrogen-bond acceptors (Lipinski definition) is 6. The number of H-pyrrole nitrogens is 1. The number of rotatable bonds is 8. The van der Waals surface area contributed by atoms with Crippen molar-refractivity contribution in [1.82, 2.24) is 30.0 Å². The molecule has 0 saturated heterocycles. The lowest BCUT2D eigenvalue weighted by molar-refractivity contribution is -0.116. The van der Waals surface area contributed by atoms with Crippen LogP contribution in [-0.2, 0) is 18.4 Å². The number of carbonyl (C=O) groups excluding carboxylic acids is 1. The molecule has 0 aliphatic carbocycles. The summed E-state index contributed by atoms with van der Waals surface area (Å²) in [6.07, 6.45) is 4.26. The van der Waals surface area contributed by atoms with Crippen LogP contribution >= 0.6 is 0 Å². The van der Waals surface area contributed by atoms with Gasteiger partial charge in [-0.25, -0.2) is 14.4 Å². The van der Waals surface area contributed by atoms with E-state index in [1.807, 2.05) is 13.8 Å². The Hall–Kier alpha value is -4.60. The second-order valence-corrected chi connectivity index (χ2v) is 8.33. The predicted molar refractivity (Wildman–Crippen MR) is 133 cm³/mol. The maximum Gasteiger partial charge on any atom is 0.250 e. The van der Waals surface area contributed by atoms with Gasteiger partial charge in [0, 0.05) is 48.3 Å². The highest BCUT2D eigenvalue weighted by Gasteiger charge is 2.20. The summed E-state index contributed by atoms with van der Waals surface area (Å²) >= 11 is 0. The van der Waals surface area contributed by atoms with Gasteiger partial charge in [0.25, 0.3) is 0 Å². The Balaban J connectivity index is 1.86. The summed E-state index contributed by atoms with van der Waals surface area (Å²) in [5.74, 6) is -0.0210. The fourth-order valence-electron chi connectivity index (χ4n) is 3.54. The van der Waals surface area contributed by atoms with Crippen LogP contribution in [-0.4, -0.2) is 36.7 Å². The summed E-state index contributed by atoms with van der Waals surface area (Å²) in [4.78, 5) is 32.7. The number of halogens is 1. The number of ether oxygens (including phenoxy) is 1. The number of aromatic amines is 1. The Morgan fingerprint density at radius 2 is 2.06 bits per heavy atom. The van der Waals surface area contributed by atoms with Gasteiger partial charge in [-0.2, -0.15) is 5.10 Å². The Morgan fingerprint density at radius 1 is 1.25 bits per heavy atom. The van der Waals surface area contributed by atoms with Gasteiger partial charge in [-0.05, 0) is 44.2 Å². The maximum atomic E-state index is 14.1. The van der Waals surface area contributed by atoms with Gasteiger partial charge >= 0.3 is 0 Å². The van der Waals surface area contributed by atoms with Crippen LogP contribution in [0.1, 0.15) is 19.5 Å². The van der Waals surface area contributed by atoms with Gasteiger partial charge in [0.1, 0.15) is 23.0 Å². The van der Waals surface area contributed by atoms with Crippen LogP contribution in [0.5, 0.6) is 5.75 Å². The second-order valence-electron chi connectivity index (χ2n) is 8.33. The van der Waals surface area contributed by atoms with E-state index in [4.69, 9.17) is 9.72 Å². The van der Waals surface area contributed by atoms with Crippen LogP contribution in [0.25, 0.3) is 33.9 Å². The molecule has 4 rings (SSSR count). The van der Waals surface area contributed by atoms with E-state index in [9.17, 15) is 14.0 Å². The first-order valence-electron chi connectivity index (χ1n) is 11.2. The number of nitrogens with one attached hydrogen (secondary N) is 2. The lowest BCUT2D eigenvalue weighted by Gasteiger charge is -2.16.